The molecule has 1 aliphatic heterocycles. The van der Waals surface area contributed by atoms with Gasteiger partial charge < -0.3 is 14.8 Å². The molecule has 1 atom stereocenters. The number of hydrogen-bond donors (Lipinski definition) is 2. The molecule has 1 fully saturated rings. The van der Waals surface area contributed by atoms with Crippen LogP contribution < -0.4 is 5.32 Å². The summed E-state index contributed by atoms with van der Waals surface area (Å²) >= 11 is 0. The Morgan fingerprint density at radius 3 is 3.05 bits per heavy atom. The molecule has 0 aliphatic carbocycles. The van der Waals surface area contributed by atoms with Crippen LogP contribution in [0.15, 0.2) is 10.5 Å². The minimum atomic E-state index is -0.917. The summed E-state index contributed by atoms with van der Waals surface area (Å²) in [5, 5.41) is 12.2. The number of piperidine rings is 1. The highest BCUT2D eigenvalue weighted by molar-refractivity contribution is 5.88. The van der Waals surface area contributed by atoms with E-state index in [4.69, 9.17) is 9.52 Å². The average Bonchev–Trinajstić information content (AvgIpc) is 2.71. The zero-order valence-electron chi connectivity index (χ0n) is 11.6. The third kappa shape index (κ3) is 3.58. The first-order chi connectivity index (χ1) is 9.10. The second-order valence-electron chi connectivity index (χ2n) is 5.29. The molecule has 0 bridgehead atoms. The molecular weight excluding hydrogens is 244 g/mol. The summed E-state index contributed by atoms with van der Waals surface area (Å²) in [6.07, 6.45) is 2.45. The molecule has 2 heterocycles. The topological polar surface area (TPSA) is 65.7 Å². The lowest BCUT2D eigenvalue weighted by Crippen LogP contribution is -2.38. The molecule has 19 heavy (non-hydrogen) atoms. The molecule has 5 heteroatoms. The number of aromatic carboxylic acids is 1. The van der Waals surface area contributed by atoms with Gasteiger partial charge in [-0.05, 0) is 51.9 Å². The number of carboxylic acid groups (broad SMARTS) is 1. The molecule has 0 amide bonds. The van der Waals surface area contributed by atoms with E-state index in [-0.39, 0.29) is 5.56 Å². The zero-order valence-corrected chi connectivity index (χ0v) is 11.6. The van der Waals surface area contributed by atoms with Crippen molar-refractivity contribution in [3.63, 3.8) is 0 Å². The predicted octanol–water partition coefficient (Wildman–Crippen LogP) is 1.72. The van der Waals surface area contributed by atoms with Gasteiger partial charge in [-0.1, -0.05) is 0 Å². The average molecular weight is 266 g/mol. The number of nitrogens with one attached hydrogen (secondary N) is 1. The fourth-order valence-corrected chi connectivity index (χ4v) is 2.80. The summed E-state index contributed by atoms with van der Waals surface area (Å²) in [7, 11) is 1.98. The van der Waals surface area contributed by atoms with E-state index in [1.54, 1.807) is 13.0 Å². The Balaban J connectivity index is 1.97. The van der Waals surface area contributed by atoms with Gasteiger partial charge in [-0.2, -0.15) is 0 Å². The summed E-state index contributed by atoms with van der Waals surface area (Å²) in [5.41, 5.74) is 0.277. The molecule has 1 aromatic rings. The molecule has 0 radical (unpaired) electrons. The number of nitrogens with zero attached hydrogens (tertiary/aromatic N) is 1. The van der Waals surface area contributed by atoms with E-state index in [2.05, 4.69) is 10.2 Å². The summed E-state index contributed by atoms with van der Waals surface area (Å²) in [5.74, 6) is 0.999. The van der Waals surface area contributed by atoms with Gasteiger partial charge in [0, 0.05) is 6.54 Å². The Morgan fingerprint density at radius 1 is 1.63 bits per heavy atom. The highest BCUT2D eigenvalue weighted by Gasteiger charge is 2.21. The third-order valence-electron chi connectivity index (χ3n) is 3.67. The van der Waals surface area contributed by atoms with E-state index < -0.39 is 5.97 Å². The van der Waals surface area contributed by atoms with Gasteiger partial charge in [0.05, 0.1) is 6.54 Å². The van der Waals surface area contributed by atoms with E-state index in [9.17, 15) is 4.79 Å². The Bertz CT molecular complexity index is 440. The number of rotatable bonds is 5. The van der Waals surface area contributed by atoms with Crippen LogP contribution in [0.3, 0.4) is 0 Å². The van der Waals surface area contributed by atoms with E-state index in [1.807, 2.05) is 7.05 Å². The Kier molecular flexibility index (Phi) is 4.61. The summed E-state index contributed by atoms with van der Waals surface area (Å²) in [6, 6.07) is 1.65. The first kappa shape index (κ1) is 14.1. The van der Waals surface area contributed by atoms with Gasteiger partial charge in [-0.25, -0.2) is 4.79 Å². The molecule has 106 valence electrons. The molecule has 1 aliphatic rings. The Morgan fingerprint density at radius 2 is 2.42 bits per heavy atom. The largest absolute Gasteiger partial charge is 0.478 e. The van der Waals surface area contributed by atoms with Crippen LogP contribution in [0.1, 0.15) is 34.7 Å². The molecule has 1 saturated heterocycles. The van der Waals surface area contributed by atoms with Crippen molar-refractivity contribution in [2.75, 3.05) is 26.7 Å². The number of hydrogen-bond acceptors (Lipinski definition) is 4. The molecule has 1 unspecified atom stereocenters. The lowest BCUT2D eigenvalue weighted by molar-refractivity contribution is 0.0695. The minimum absolute atomic E-state index is 0.277. The van der Waals surface area contributed by atoms with E-state index in [1.165, 1.54) is 12.8 Å². The van der Waals surface area contributed by atoms with Crippen molar-refractivity contribution in [1.29, 1.82) is 0 Å². The second kappa shape index (κ2) is 6.21. The van der Waals surface area contributed by atoms with Gasteiger partial charge in [0.25, 0.3) is 0 Å². The van der Waals surface area contributed by atoms with Gasteiger partial charge >= 0.3 is 5.97 Å². The maximum atomic E-state index is 11.0. The first-order valence-corrected chi connectivity index (χ1v) is 6.79. The van der Waals surface area contributed by atoms with Crippen molar-refractivity contribution in [1.82, 2.24) is 10.2 Å². The third-order valence-corrected chi connectivity index (χ3v) is 3.67. The molecular formula is C14H22N2O3. The zero-order chi connectivity index (χ0) is 13.8. The summed E-state index contributed by atoms with van der Waals surface area (Å²) in [6.45, 7) is 5.54. The second-order valence-corrected chi connectivity index (χ2v) is 5.29. The molecule has 0 spiro atoms. The number of carbonyl (C=O) groups is 1. The quantitative estimate of drug-likeness (QED) is 0.849. The monoisotopic (exact) mass is 266 g/mol. The molecule has 5 nitrogen and oxygen atoms in total. The molecule has 2 rings (SSSR count). The van der Waals surface area contributed by atoms with E-state index in [0.29, 0.717) is 18.2 Å². The van der Waals surface area contributed by atoms with Crippen LogP contribution >= 0.6 is 0 Å². The molecule has 0 aromatic carbocycles. The van der Waals surface area contributed by atoms with E-state index >= 15 is 0 Å². The molecule has 2 N–H and O–H groups in total. The maximum absolute atomic E-state index is 11.0. The predicted molar refractivity (Wildman–Crippen MR) is 72.3 cm³/mol. The highest BCUT2D eigenvalue weighted by atomic mass is 16.4. The van der Waals surface area contributed by atoms with Gasteiger partial charge in [0.2, 0.25) is 0 Å². The summed E-state index contributed by atoms with van der Waals surface area (Å²) < 4.78 is 5.54. The molecule has 0 saturated carbocycles. The van der Waals surface area contributed by atoms with Crippen LogP contribution in [-0.4, -0.2) is 42.7 Å². The maximum Gasteiger partial charge on any atom is 0.339 e. The lowest BCUT2D eigenvalue weighted by Gasteiger charge is -2.31. The SMILES string of the molecule is CNCC1CCCN(Cc2cc(C(=O)O)c(C)o2)C1. The van der Waals surface area contributed by atoms with Crippen LogP contribution in [-0.2, 0) is 6.54 Å². The number of furan rings is 1. The number of aryl methyl sites for hydroxylation is 1. The van der Waals surface area contributed by atoms with Gasteiger partial charge in [0.1, 0.15) is 17.1 Å². The standard InChI is InChI=1S/C14H22N2O3/c1-10-13(14(17)18)6-12(19-10)9-16-5-3-4-11(8-16)7-15-2/h6,11,15H,3-5,7-9H2,1-2H3,(H,17,18). The van der Waals surface area contributed by atoms with Crippen molar-refractivity contribution in [2.45, 2.75) is 26.3 Å². The van der Waals surface area contributed by atoms with Crippen LogP contribution in [0.5, 0.6) is 0 Å². The van der Waals surface area contributed by atoms with Crippen molar-refractivity contribution in [2.24, 2.45) is 5.92 Å². The van der Waals surface area contributed by atoms with Gasteiger partial charge in [-0.15, -0.1) is 0 Å². The van der Waals surface area contributed by atoms with Crippen molar-refractivity contribution < 1.29 is 14.3 Å². The molecule has 1 aromatic heterocycles. The fraction of sp³-hybridized carbons (Fsp3) is 0.643. The van der Waals surface area contributed by atoms with Gasteiger partial charge in [0.15, 0.2) is 0 Å². The number of carboxylic acids is 1. The van der Waals surface area contributed by atoms with Crippen LogP contribution in [0.25, 0.3) is 0 Å². The Labute approximate surface area is 113 Å². The van der Waals surface area contributed by atoms with Crippen molar-refractivity contribution in [3.8, 4) is 0 Å². The van der Waals surface area contributed by atoms with Crippen LogP contribution in [0.4, 0.5) is 0 Å². The van der Waals surface area contributed by atoms with Crippen LogP contribution in [0.2, 0.25) is 0 Å². The summed E-state index contributed by atoms with van der Waals surface area (Å²) in [4.78, 5) is 13.3. The fourth-order valence-electron chi connectivity index (χ4n) is 2.80. The normalized spacial score (nSPS) is 20.6. The smallest absolute Gasteiger partial charge is 0.339 e. The minimum Gasteiger partial charge on any atom is -0.478 e. The number of likely N-dealkylation sites (tertiary alicyclic amines) is 1. The highest BCUT2D eigenvalue weighted by Crippen LogP contribution is 2.21. The first-order valence-electron chi connectivity index (χ1n) is 6.79. The lowest BCUT2D eigenvalue weighted by atomic mass is 9.98. The van der Waals surface area contributed by atoms with E-state index in [0.717, 1.165) is 25.4 Å². The van der Waals surface area contributed by atoms with Crippen molar-refractivity contribution >= 4 is 5.97 Å². The van der Waals surface area contributed by atoms with Gasteiger partial charge in [-0.3, -0.25) is 4.90 Å². The Hall–Kier alpha value is -1.33. The van der Waals surface area contributed by atoms with Crippen LogP contribution in [0, 0.1) is 12.8 Å². The van der Waals surface area contributed by atoms with Crippen molar-refractivity contribution in [3.05, 3.63) is 23.2 Å².